The fourth-order valence-corrected chi connectivity index (χ4v) is 3.07. The van der Waals surface area contributed by atoms with E-state index in [-0.39, 0.29) is 11.6 Å². The first kappa shape index (κ1) is 15.4. The standard InChI is InChI=1S/C17H11IN2O3/c18-15-10-12(20(22)23)8-9-14(15)17(21)19-16-7-3-5-11-4-1-2-6-13(11)16/h1-10H,(H,19,21). The Morgan fingerprint density at radius 3 is 2.52 bits per heavy atom. The highest BCUT2D eigenvalue weighted by Crippen LogP contribution is 2.25. The van der Waals surface area contributed by atoms with Crippen molar-refractivity contribution in [2.75, 3.05) is 5.32 Å². The summed E-state index contributed by atoms with van der Waals surface area (Å²) in [5.41, 5.74) is 1.09. The smallest absolute Gasteiger partial charge is 0.270 e. The normalized spacial score (nSPS) is 10.5. The molecule has 3 rings (SSSR count). The van der Waals surface area contributed by atoms with Gasteiger partial charge in [0.05, 0.1) is 10.5 Å². The second kappa shape index (κ2) is 6.33. The maximum Gasteiger partial charge on any atom is 0.270 e. The van der Waals surface area contributed by atoms with Crippen molar-refractivity contribution in [1.82, 2.24) is 0 Å². The van der Waals surface area contributed by atoms with Gasteiger partial charge in [0.25, 0.3) is 11.6 Å². The van der Waals surface area contributed by atoms with Gasteiger partial charge in [-0.25, -0.2) is 0 Å². The maximum absolute atomic E-state index is 12.5. The minimum atomic E-state index is -0.478. The van der Waals surface area contributed by atoms with Crippen molar-refractivity contribution in [2.45, 2.75) is 0 Å². The van der Waals surface area contributed by atoms with Crippen molar-refractivity contribution in [1.29, 1.82) is 0 Å². The highest BCUT2D eigenvalue weighted by Gasteiger charge is 2.15. The van der Waals surface area contributed by atoms with E-state index in [1.165, 1.54) is 18.2 Å². The molecular formula is C17H11IN2O3. The van der Waals surface area contributed by atoms with E-state index in [9.17, 15) is 14.9 Å². The van der Waals surface area contributed by atoms with Crippen LogP contribution < -0.4 is 5.32 Å². The summed E-state index contributed by atoms with van der Waals surface area (Å²) in [5, 5.41) is 15.6. The van der Waals surface area contributed by atoms with Gasteiger partial charge < -0.3 is 5.32 Å². The molecule has 0 aliphatic rings. The molecular weight excluding hydrogens is 407 g/mol. The Kier molecular flexibility index (Phi) is 4.24. The number of benzene rings is 3. The molecule has 0 aromatic heterocycles. The molecule has 23 heavy (non-hydrogen) atoms. The fourth-order valence-electron chi connectivity index (χ4n) is 2.33. The maximum atomic E-state index is 12.5. The number of amides is 1. The summed E-state index contributed by atoms with van der Waals surface area (Å²) in [6, 6.07) is 17.6. The zero-order chi connectivity index (χ0) is 16.4. The number of rotatable bonds is 3. The Balaban J connectivity index is 1.94. The summed E-state index contributed by atoms with van der Waals surface area (Å²) >= 11 is 1.93. The lowest BCUT2D eigenvalue weighted by atomic mass is 10.1. The Bertz CT molecular complexity index is 919. The number of nitrogens with zero attached hydrogens (tertiary/aromatic N) is 1. The van der Waals surface area contributed by atoms with E-state index >= 15 is 0 Å². The van der Waals surface area contributed by atoms with Gasteiger partial charge in [-0.1, -0.05) is 36.4 Å². The molecule has 0 saturated carbocycles. The largest absolute Gasteiger partial charge is 0.321 e. The van der Waals surface area contributed by atoms with Gasteiger partial charge in [0.1, 0.15) is 0 Å². The first-order valence-electron chi connectivity index (χ1n) is 6.79. The Labute approximate surface area is 145 Å². The number of hydrogen-bond donors (Lipinski definition) is 1. The first-order valence-corrected chi connectivity index (χ1v) is 7.87. The highest BCUT2D eigenvalue weighted by atomic mass is 127. The topological polar surface area (TPSA) is 72.2 Å². The molecule has 6 heteroatoms. The number of nitrogens with one attached hydrogen (secondary N) is 1. The predicted octanol–water partition coefficient (Wildman–Crippen LogP) is 4.60. The molecule has 0 spiro atoms. The summed E-state index contributed by atoms with van der Waals surface area (Å²) in [7, 11) is 0. The average Bonchev–Trinajstić information content (AvgIpc) is 2.55. The summed E-state index contributed by atoms with van der Waals surface area (Å²) in [4.78, 5) is 22.8. The van der Waals surface area contributed by atoms with Gasteiger partial charge in [-0.05, 0) is 40.1 Å². The number of halogens is 1. The van der Waals surface area contributed by atoms with Crippen molar-refractivity contribution in [3.8, 4) is 0 Å². The zero-order valence-electron chi connectivity index (χ0n) is 11.8. The summed E-state index contributed by atoms with van der Waals surface area (Å²) in [6.45, 7) is 0. The molecule has 0 bridgehead atoms. The van der Waals surface area contributed by atoms with Crippen molar-refractivity contribution in [3.63, 3.8) is 0 Å². The summed E-state index contributed by atoms with van der Waals surface area (Å²) in [6.07, 6.45) is 0. The van der Waals surface area contributed by atoms with Crippen LogP contribution in [0.15, 0.2) is 60.7 Å². The van der Waals surface area contributed by atoms with E-state index in [4.69, 9.17) is 0 Å². The molecule has 114 valence electrons. The van der Waals surface area contributed by atoms with Crippen LogP contribution in [0.1, 0.15) is 10.4 Å². The lowest BCUT2D eigenvalue weighted by Crippen LogP contribution is -2.13. The third-order valence-corrected chi connectivity index (χ3v) is 4.34. The van der Waals surface area contributed by atoms with Crippen molar-refractivity contribution < 1.29 is 9.72 Å². The lowest BCUT2D eigenvalue weighted by molar-refractivity contribution is -0.384. The van der Waals surface area contributed by atoms with Crippen LogP contribution in [0.2, 0.25) is 0 Å². The van der Waals surface area contributed by atoms with E-state index in [1.54, 1.807) is 0 Å². The van der Waals surface area contributed by atoms with E-state index < -0.39 is 4.92 Å². The minimum absolute atomic E-state index is 0.0314. The van der Waals surface area contributed by atoms with Crippen molar-refractivity contribution in [2.24, 2.45) is 0 Å². The second-order valence-corrected chi connectivity index (χ2v) is 6.06. The van der Waals surface area contributed by atoms with Crippen LogP contribution in [0, 0.1) is 13.7 Å². The third kappa shape index (κ3) is 3.16. The van der Waals surface area contributed by atoms with Gasteiger partial charge in [0.15, 0.2) is 0 Å². The molecule has 0 saturated heterocycles. The predicted molar refractivity (Wildman–Crippen MR) is 97.7 cm³/mol. The van der Waals surface area contributed by atoms with Gasteiger partial charge in [0, 0.05) is 26.8 Å². The van der Waals surface area contributed by atoms with Crippen LogP contribution in [0.4, 0.5) is 11.4 Å². The lowest BCUT2D eigenvalue weighted by Gasteiger charge is -2.09. The number of anilines is 1. The molecule has 0 aliphatic heterocycles. The first-order chi connectivity index (χ1) is 11.1. The molecule has 0 heterocycles. The van der Waals surface area contributed by atoms with Crippen LogP contribution in [-0.2, 0) is 0 Å². The van der Waals surface area contributed by atoms with E-state index in [0.29, 0.717) is 14.8 Å². The van der Waals surface area contributed by atoms with Gasteiger partial charge in [-0.15, -0.1) is 0 Å². The van der Waals surface area contributed by atoms with E-state index in [0.717, 1.165) is 10.8 Å². The molecule has 1 amide bonds. The third-order valence-electron chi connectivity index (χ3n) is 3.45. The number of non-ortho nitro benzene ring substituents is 1. The number of carbonyl (C=O) groups excluding carboxylic acids is 1. The monoisotopic (exact) mass is 418 g/mol. The Morgan fingerprint density at radius 2 is 1.78 bits per heavy atom. The number of fused-ring (bicyclic) bond motifs is 1. The quantitative estimate of drug-likeness (QED) is 0.384. The average molecular weight is 418 g/mol. The molecule has 1 N–H and O–H groups in total. The molecule has 0 atom stereocenters. The van der Waals surface area contributed by atoms with Crippen molar-refractivity contribution in [3.05, 3.63) is 79.9 Å². The number of nitro groups is 1. The number of hydrogen-bond acceptors (Lipinski definition) is 3. The van der Waals surface area contributed by atoms with Gasteiger partial charge >= 0.3 is 0 Å². The Morgan fingerprint density at radius 1 is 1.04 bits per heavy atom. The molecule has 0 radical (unpaired) electrons. The number of nitro benzene ring substituents is 1. The zero-order valence-corrected chi connectivity index (χ0v) is 14.0. The summed E-state index contributed by atoms with van der Waals surface area (Å²) < 4.78 is 0.537. The van der Waals surface area contributed by atoms with Gasteiger partial charge in [0.2, 0.25) is 0 Å². The molecule has 3 aromatic carbocycles. The second-order valence-electron chi connectivity index (χ2n) is 4.90. The van der Waals surface area contributed by atoms with Crippen LogP contribution in [0.5, 0.6) is 0 Å². The highest BCUT2D eigenvalue weighted by molar-refractivity contribution is 14.1. The van der Waals surface area contributed by atoms with E-state index in [2.05, 4.69) is 5.32 Å². The molecule has 0 fully saturated rings. The number of carbonyl (C=O) groups is 1. The summed E-state index contributed by atoms with van der Waals surface area (Å²) in [5.74, 6) is -0.291. The van der Waals surface area contributed by atoms with E-state index in [1.807, 2.05) is 65.1 Å². The van der Waals surface area contributed by atoms with Crippen LogP contribution >= 0.6 is 22.6 Å². The minimum Gasteiger partial charge on any atom is -0.321 e. The molecule has 3 aromatic rings. The molecule has 0 unspecified atom stereocenters. The van der Waals surface area contributed by atoms with Gasteiger partial charge in [-0.3, -0.25) is 14.9 Å². The van der Waals surface area contributed by atoms with Crippen molar-refractivity contribution >= 4 is 50.6 Å². The SMILES string of the molecule is O=C(Nc1cccc2ccccc12)c1ccc([N+](=O)[O-])cc1I. The molecule has 5 nitrogen and oxygen atoms in total. The van der Waals surface area contributed by atoms with Crippen LogP contribution in [0.3, 0.4) is 0 Å². The van der Waals surface area contributed by atoms with Gasteiger partial charge in [-0.2, -0.15) is 0 Å². The Hall–Kier alpha value is -2.48. The van der Waals surface area contributed by atoms with Crippen LogP contribution in [-0.4, -0.2) is 10.8 Å². The molecule has 0 aliphatic carbocycles. The van der Waals surface area contributed by atoms with Crippen LogP contribution in [0.25, 0.3) is 10.8 Å². The fraction of sp³-hybridized carbons (Fsp3) is 0.